The lowest BCUT2D eigenvalue weighted by Gasteiger charge is -2.35. The lowest BCUT2D eigenvalue weighted by molar-refractivity contribution is 0.669. The summed E-state index contributed by atoms with van der Waals surface area (Å²) in [6.45, 7) is 0. The highest BCUT2D eigenvalue weighted by Gasteiger charge is 2.46. The van der Waals surface area contributed by atoms with Crippen LogP contribution in [0.5, 0.6) is 0 Å². The lowest BCUT2D eigenvalue weighted by atomic mass is 9.67. The predicted molar refractivity (Wildman–Crippen MR) is 272 cm³/mol. The summed E-state index contributed by atoms with van der Waals surface area (Å²) in [6, 6.07) is 90.9. The van der Waals surface area contributed by atoms with E-state index in [1.165, 1.54) is 66.1 Å². The van der Waals surface area contributed by atoms with E-state index in [0.29, 0.717) is 0 Å². The van der Waals surface area contributed by atoms with Crippen molar-refractivity contribution >= 4 is 60.5 Å². The zero-order valence-electron chi connectivity index (χ0n) is 35.5. The van der Waals surface area contributed by atoms with E-state index >= 15 is 0 Å². The summed E-state index contributed by atoms with van der Waals surface area (Å²) in [7, 11) is 0. The van der Waals surface area contributed by atoms with Crippen molar-refractivity contribution in [1.29, 1.82) is 0 Å². The van der Waals surface area contributed by atoms with E-state index in [1.807, 2.05) is 12.1 Å². The Labute approximate surface area is 377 Å². The van der Waals surface area contributed by atoms with E-state index in [9.17, 15) is 0 Å². The molecule has 0 bridgehead atoms. The number of rotatable bonds is 7. The fourth-order valence-corrected chi connectivity index (χ4v) is 10.8. The van der Waals surface area contributed by atoms with Crippen LogP contribution in [0, 0.1) is 0 Å². The molecule has 1 aliphatic carbocycles. The molecule has 0 saturated heterocycles. The fraction of sp³-hybridized carbons (Fsp3) is 0.0159. The zero-order valence-corrected chi connectivity index (χ0v) is 35.5. The summed E-state index contributed by atoms with van der Waals surface area (Å²) in [5, 5.41) is 7.32. The quantitative estimate of drug-likeness (QED) is 0.149. The smallest absolute Gasteiger partial charge is 0.136 e. The molecule has 2 nitrogen and oxygen atoms in total. The van der Waals surface area contributed by atoms with Crippen LogP contribution in [0.2, 0.25) is 0 Å². The number of hydrogen-bond acceptors (Lipinski definition) is 2. The molecule has 0 amide bonds. The van der Waals surface area contributed by atoms with Crippen LogP contribution >= 0.6 is 0 Å². The van der Waals surface area contributed by atoms with Crippen LogP contribution in [0.1, 0.15) is 22.3 Å². The number of fused-ring (bicyclic) bond motifs is 9. The second-order valence-electron chi connectivity index (χ2n) is 17.2. The molecular weight excluding hydrogens is 787 g/mol. The summed E-state index contributed by atoms with van der Waals surface area (Å²) in [5.41, 5.74) is 16.8. The molecule has 0 radical (unpaired) electrons. The van der Waals surface area contributed by atoms with Gasteiger partial charge in [-0.1, -0.05) is 194 Å². The second-order valence-corrected chi connectivity index (χ2v) is 17.2. The molecule has 13 rings (SSSR count). The largest absolute Gasteiger partial charge is 0.456 e. The van der Waals surface area contributed by atoms with Crippen LogP contribution in [0.15, 0.2) is 253 Å². The zero-order chi connectivity index (χ0) is 42.9. The van der Waals surface area contributed by atoms with Crippen molar-refractivity contribution < 1.29 is 4.42 Å². The van der Waals surface area contributed by atoms with Crippen molar-refractivity contribution in [3.05, 3.63) is 271 Å². The van der Waals surface area contributed by atoms with Crippen LogP contribution in [-0.4, -0.2) is 0 Å². The molecular formula is C63H41NO. The molecule has 0 unspecified atom stereocenters. The van der Waals surface area contributed by atoms with Crippen molar-refractivity contribution in [2.75, 3.05) is 4.90 Å². The summed E-state index contributed by atoms with van der Waals surface area (Å²) in [4.78, 5) is 2.41. The molecule has 11 aromatic carbocycles. The number of para-hydroxylation sites is 1. The Morgan fingerprint density at radius 2 is 0.846 bits per heavy atom. The first-order valence-electron chi connectivity index (χ1n) is 22.4. The molecule has 0 fully saturated rings. The van der Waals surface area contributed by atoms with Crippen LogP contribution in [-0.2, 0) is 5.41 Å². The molecule has 0 atom stereocenters. The Bertz CT molecular complexity index is 3710. The van der Waals surface area contributed by atoms with Gasteiger partial charge in [0.1, 0.15) is 11.2 Å². The van der Waals surface area contributed by atoms with Gasteiger partial charge in [0, 0.05) is 27.8 Å². The Hall–Kier alpha value is -8.46. The maximum absolute atomic E-state index is 6.31. The van der Waals surface area contributed by atoms with Crippen molar-refractivity contribution in [2.45, 2.75) is 5.41 Å². The van der Waals surface area contributed by atoms with Crippen LogP contribution in [0.4, 0.5) is 17.1 Å². The van der Waals surface area contributed by atoms with Gasteiger partial charge in [0.2, 0.25) is 0 Å². The van der Waals surface area contributed by atoms with Gasteiger partial charge in [-0.15, -0.1) is 0 Å². The fourth-order valence-electron chi connectivity index (χ4n) is 10.8. The number of nitrogens with zero attached hydrogens (tertiary/aromatic N) is 1. The number of furan rings is 1. The minimum Gasteiger partial charge on any atom is -0.456 e. The van der Waals surface area contributed by atoms with E-state index in [2.05, 4.69) is 241 Å². The number of anilines is 3. The Balaban J connectivity index is 0.977. The molecule has 1 aliphatic rings. The third kappa shape index (κ3) is 5.81. The van der Waals surface area contributed by atoms with Gasteiger partial charge in [-0.2, -0.15) is 0 Å². The number of benzene rings is 11. The molecule has 0 aliphatic heterocycles. The average molecular weight is 828 g/mol. The lowest BCUT2D eigenvalue weighted by Crippen LogP contribution is -2.28. The van der Waals surface area contributed by atoms with Crippen molar-refractivity contribution in [3.8, 4) is 33.4 Å². The van der Waals surface area contributed by atoms with Gasteiger partial charge in [0.25, 0.3) is 0 Å². The van der Waals surface area contributed by atoms with Gasteiger partial charge in [-0.3, -0.25) is 0 Å². The van der Waals surface area contributed by atoms with Crippen molar-refractivity contribution in [2.24, 2.45) is 0 Å². The molecule has 65 heavy (non-hydrogen) atoms. The SMILES string of the molecule is c1ccc(C2(c3ccccc3)c3ccccc3-c3ccc(N(c4ccc(-c5ccc6c(c5)oc5ccccc56)cc4)c4ccc(-c5cccc6c5ccc5ccccc56)cc4)cc32)cc1. The first-order chi connectivity index (χ1) is 32.2. The van der Waals surface area contributed by atoms with Crippen molar-refractivity contribution in [3.63, 3.8) is 0 Å². The van der Waals surface area contributed by atoms with Crippen LogP contribution in [0.3, 0.4) is 0 Å². The summed E-state index contributed by atoms with van der Waals surface area (Å²) in [6.07, 6.45) is 0. The van der Waals surface area contributed by atoms with E-state index in [1.54, 1.807) is 0 Å². The molecule has 1 heterocycles. The third-order valence-corrected chi connectivity index (χ3v) is 13.8. The van der Waals surface area contributed by atoms with Gasteiger partial charge in [-0.25, -0.2) is 0 Å². The standard InChI is InChI=1S/C63H41NO/c1-3-15-46(16-4-1)63(47-17-5-2-6-18-47)59-24-11-9-20-55(59)56-39-36-50(41-60(56)63)64(48-32-26-42(27-33-48)45-31-38-58-57-21-10-12-25-61(57)65-62(58)40-45)49-34-28-44(29-35-49)52-22-13-23-53-51-19-8-7-14-43(51)30-37-54(52)53/h1-41H. The molecule has 1 aromatic heterocycles. The van der Waals surface area contributed by atoms with E-state index < -0.39 is 5.41 Å². The van der Waals surface area contributed by atoms with E-state index in [-0.39, 0.29) is 0 Å². The summed E-state index contributed by atoms with van der Waals surface area (Å²) < 4.78 is 6.31. The van der Waals surface area contributed by atoms with Gasteiger partial charge in [0.05, 0.1) is 5.41 Å². The average Bonchev–Trinajstić information content (AvgIpc) is 3.90. The molecule has 0 N–H and O–H groups in total. The predicted octanol–water partition coefficient (Wildman–Crippen LogP) is 17.1. The maximum atomic E-state index is 6.31. The first-order valence-corrected chi connectivity index (χ1v) is 22.4. The normalized spacial score (nSPS) is 12.7. The van der Waals surface area contributed by atoms with E-state index in [0.717, 1.165) is 50.1 Å². The van der Waals surface area contributed by atoms with E-state index in [4.69, 9.17) is 4.42 Å². The Morgan fingerprint density at radius 1 is 0.292 bits per heavy atom. The van der Waals surface area contributed by atoms with Gasteiger partial charge in [0.15, 0.2) is 0 Å². The van der Waals surface area contributed by atoms with Crippen LogP contribution < -0.4 is 4.90 Å². The Kier molecular flexibility index (Phi) is 8.47. The topological polar surface area (TPSA) is 16.4 Å². The van der Waals surface area contributed by atoms with Crippen molar-refractivity contribution in [1.82, 2.24) is 0 Å². The summed E-state index contributed by atoms with van der Waals surface area (Å²) in [5.74, 6) is 0. The molecule has 2 heteroatoms. The molecule has 0 spiro atoms. The number of hydrogen-bond donors (Lipinski definition) is 0. The second kappa shape index (κ2) is 14.8. The van der Waals surface area contributed by atoms with Crippen LogP contribution in [0.25, 0.3) is 76.9 Å². The summed E-state index contributed by atoms with van der Waals surface area (Å²) >= 11 is 0. The third-order valence-electron chi connectivity index (χ3n) is 13.8. The molecule has 12 aromatic rings. The van der Waals surface area contributed by atoms with Gasteiger partial charge < -0.3 is 9.32 Å². The molecule has 304 valence electrons. The highest BCUT2D eigenvalue weighted by Crippen LogP contribution is 2.57. The van der Waals surface area contributed by atoms with Gasteiger partial charge in [-0.05, 0) is 132 Å². The molecule has 0 saturated carbocycles. The minimum atomic E-state index is -0.516. The highest BCUT2D eigenvalue weighted by atomic mass is 16.3. The Morgan fingerprint density at radius 3 is 1.62 bits per heavy atom. The maximum Gasteiger partial charge on any atom is 0.136 e. The highest BCUT2D eigenvalue weighted by molar-refractivity contribution is 6.12. The first kappa shape index (κ1) is 37.1. The van der Waals surface area contributed by atoms with Gasteiger partial charge >= 0.3 is 0 Å². The minimum absolute atomic E-state index is 0.516. The monoisotopic (exact) mass is 827 g/mol.